The largest absolute Gasteiger partial charge is 0.250 e. The number of H-pyrrole nitrogens is 1. The molecule has 3 aromatic rings. The van der Waals surface area contributed by atoms with Gasteiger partial charge in [0.15, 0.2) is 5.82 Å². The molecule has 0 aliphatic heterocycles. The number of thioether (sulfide) groups is 1. The van der Waals surface area contributed by atoms with Gasteiger partial charge in [-0.2, -0.15) is 14.9 Å². The Hall–Kier alpha value is -2.40. The molecule has 0 bridgehead atoms. The first-order valence-corrected chi connectivity index (χ1v) is 7.84. The highest BCUT2D eigenvalue weighted by Gasteiger charge is 2.09. The molecular formula is C12H11FN8S2. The summed E-state index contributed by atoms with van der Waals surface area (Å²) in [6.45, 7) is 0. The SMILES string of the molecule is Cn1nnnc1SCc1n[nH]c(=S)n1/N=C/c1ccc(F)cc1. The Morgan fingerprint density at radius 2 is 2.17 bits per heavy atom. The van der Waals surface area contributed by atoms with Crippen molar-refractivity contribution in [2.24, 2.45) is 12.1 Å². The minimum atomic E-state index is -0.295. The second-order valence-corrected chi connectivity index (χ2v) is 5.76. The van der Waals surface area contributed by atoms with E-state index in [-0.39, 0.29) is 5.82 Å². The van der Waals surface area contributed by atoms with Crippen LogP contribution >= 0.6 is 24.0 Å². The Kier molecular flexibility index (Phi) is 4.57. The Balaban J connectivity index is 1.77. The summed E-state index contributed by atoms with van der Waals surface area (Å²) in [6, 6.07) is 5.99. The van der Waals surface area contributed by atoms with Gasteiger partial charge >= 0.3 is 0 Å². The lowest BCUT2D eigenvalue weighted by molar-refractivity contribution is 0.628. The van der Waals surface area contributed by atoms with Gasteiger partial charge in [-0.3, -0.25) is 5.10 Å². The van der Waals surface area contributed by atoms with Crippen LogP contribution in [0.15, 0.2) is 34.5 Å². The van der Waals surface area contributed by atoms with Gasteiger partial charge in [0.2, 0.25) is 9.93 Å². The number of halogens is 1. The number of aryl methyl sites for hydroxylation is 1. The molecule has 0 spiro atoms. The van der Waals surface area contributed by atoms with E-state index in [4.69, 9.17) is 12.2 Å². The van der Waals surface area contributed by atoms with Crippen LogP contribution in [0.1, 0.15) is 11.4 Å². The van der Waals surface area contributed by atoms with Crippen molar-refractivity contribution in [2.45, 2.75) is 10.9 Å². The normalized spacial score (nSPS) is 11.4. The molecule has 23 heavy (non-hydrogen) atoms. The average Bonchev–Trinajstić information content (AvgIpc) is 3.11. The lowest BCUT2D eigenvalue weighted by Crippen LogP contribution is -1.99. The molecule has 0 unspecified atom stereocenters. The number of nitrogens with zero attached hydrogens (tertiary/aromatic N) is 7. The van der Waals surface area contributed by atoms with E-state index in [2.05, 4.69) is 30.8 Å². The van der Waals surface area contributed by atoms with E-state index in [0.29, 0.717) is 21.5 Å². The highest BCUT2D eigenvalue weighted by molar-refractivity contribution is 7.98. The summed E-state index contributed by atoms with van der Waals surface area (Å²) in [4.78, 5) is 0. The molecule has 0 aliphatic carbocycles. The Morgan fingerprint density at radius 1 is 1.39 bits per heavy atom. The number of rotatable bonds is 5. The number of aromatic nitrogens is 7. The second-order valence-electron chi connectivity index (χ2n) is 4.43. The van der Waals surface area contributed by atoms with Crippen molar-refractivity contribution in [3.63, 3.8) is 0 Å². The Labute approximate surface area is 139 Å². The van der Waals surface area contributed by atoms with Gasteiger partial charge in [0.1, 0.15) is 5.82 Å². The van der Waals surface area contributed by atoms with Crippen LogP contribution in [0.4, 0.5) is 4.39 Å². The summed E-state index contributed by atoms with van der Waals surface area (Å²) in [5.41, 5.74) is 0.755. The highest BCUT2D eigenvalue weighted by atomic mass is 32.2. The van der Waals surface area contributed by atoms with Gasteiger partial charge in [0.05, 0.1) is 12.0 Å². The number of tetrazole rings is 1. The summed E-state index contributed by atoms with van der Waals surface area (Å²) >= 11 is 6.58. The van der Waals surface area contributed by atoms with Gasteiger partial charge in [0.25, 0.3) is 0 Å². The van der Waals surface area contributed by atoms with E-state index in [1.54, 1.807) is 30.1 Å². The molecule has 0 aliphatic rings. The molecule has 0 saturated heterocycles. The maximum absolute atomic E-state index is 12.9. The number of nitrogens with one attached hydrogen (secondary N) is 1. The lowest BCUT2D eigenvalue weighted by atomic mass is 10.2. The van der Waals surface area contributed by atoms with E-state index in [1.807, 2.05) is 0 Å². The third-order valence-corrected chi connectivity index (χ3v) is 4.09. The maximum Gasteiger partial charge on any atom is 0.216 e. The van der Waals surface area contributed by atoms with Crippen molar-refractivity contribution in [2.75, 3.05) is 0 Å². The van der Waals surface area contributed by atoms with Gasteiger partial charge < -0.3 is 0 Å². The molecule has 0 amide bonds. The van der Waals surface area contributed by atoms with Crippen molar-refractivity contribution >= 4 is 30.2 Å². The molecule has 0 saturated carbocycles. The molecule has 8 nitrogen and oxygen atoms in total. The van der Waals surface area contributed by atoms with Gasteiger partial charge in [-0.15, -0.1) is 5.10 Å². The van der Waals surface area contributed by atoms with Crippen LogP contribution in [0.25, 0.3) is 0 Å². The maximum atomic E-state index is 12.9. The first-order valence-electron chi connectivity index (χ1n) is 6.45. The average molecular weight is 350 g/mol. The van der Waals surface area contributed by atoms with Gasteiger partial charge in [-0.05, 0) is 40.3 Å². The van der Waals surface area contributed by atoms with Crippen molar-refractivity contribution < 1.29 is 4.39 Å². The molecular weight excluding hydrogens is 339 g/mol. The third-order valence-electron chi connectivity index (χ3n) is 2.82. The first-order chi connectivity index (χ1) is 11.1. The predicted octanol–water partition coefficient (Wildman–Crippen LogP) is 1.78. The van der Waals surface area contributed by atoms with Crippen LogP contribution in [0.3, 0.4) is 0 Å². The summed E-state index contributed by atoms with van der Waals surface area (Å²) in [5, 5.41) is 23.0. The van der Waals surface area contributed by atoms with Crippen molar-refractivity contribution in [1.82, 2.24) is 35.1 Å². The first kappa shape index (κ1) is 15.5. The van der Waals surface area contributed by atoms with Crippen LogP contribution in [0, 0.1) is 10.6 Å². The summed E-state index contributed by atoms with van der Waals surface area (Å²) in [7, 11) is 1.76. The van der Waals surface area contributed by atoms with E-state index in [9.17, 15) is 4.39 Å². The number of benzene rings is 1. The van der Waals surface area contributed by atoms with E-state index >= 15 is 0 Å². The second kappa shape index (κ2) is 6.79. The smallest absolute Gasteiger partial charge is 0.216 e. The van der Waals surface area contributed by atoms with E-state index < -0.39 is 0 Å². The van der Waals surface area contributed by atoms with Gasteiger partial charge in [0, 0.05) is 7.05 Å². The standard InChI is InChI=1S/C12H11FN8S2/c1-20-12(17-18-19-20)23-7-10-15-16-11(22)21(10)14-6-8-2-4-9(13)5-3-8/h2-6H,7H2,1H3,(H,16,22)/b14-6+. The zero-order valence-corrected chi connectivity index (χ0v) is 13.6. The summed E-state index contributed by atoms with van der Waals surface area (Å²) in [6.07, 6.45) is 1.59. The van der Waals surface area contributed by atoms with Crippen LogP contribution in [0.5, 0.6) is 0 Å². The van der Waals surface area contributed by atoms with Crippen LogP contribution in [0.2, 0.25) is 0 Å². The van der Waals surface area contributed by atoms with Gasteiger partial charge in [-0.25, -0.2) is 9.07 Å². The molecule has 1 aromatic carbocycles. The quantitative estimate of drug-likeness (QED) is 0.429. The zero-order chi connectivity index (χ0) is 16.2. The minimum Gasteiger partial charge on any atom is -0.250 e. The fraction of sp³-hybridized carbons (Fsp3) is 0.167. The van der Waals surface area contributed by atoms with Gasteiger partial charge in [-0.1, -0.05) is 23.9 Å². The third kappa shape index (κ3) is 3.68. The Bertz CT molecular complexity index is 879. The topological polar surface area (TPSA) is 89.6 Å². The molecule has 0 fully saturated rings. The number of aromatic amines is 1. The fourth-order valence-electron chi connectivity index (χ4n) is 1.68. The van der Waals surface area contributed by atoms with Crippen LogP contribution in [-0.4, -0.2) is 41.3 Å². The molecule has 2 aromatic heterocycles. The van der Waals surface area contributed by atoms with E-state index in [0.717, 1.165) is 5.56 Å². The predicted molar refractivity (Wildman–Crippen MR) is 85.2 cm³/mol. The monoisotopic (exact) mass is 350 g/mol. The zero-order valence-electron chi connectivity index (χ0n) is 11.9. The van der Waals surface area contributed by atoms with Crippen LogP contribution in [-0.2, 0) is 12.8 Å². The molecule has 3 rings (SSSR count). The molecule has 11 heteroatoms. The summed E-state index contributed by atoms with van der Waals surface area (Å²) in [5.74, 6) is 0.820. The highest BCUT2D eigenvalue weighted by Crippen LogP contribution is 2.18. The number of hydrogen-bond donors (Lipinski definition) is 1. The van der Waals surface area contributed by atoms with Crippen molar-refractivity contribution in [3.05, 3.63) is 46.2 Å². The lowest BCUT2D eigenvalue weighted by Gasteiger charge is -2.00. The molecule has 0 radical (unpaired) electrons. The van der Waals surface area contributed by atoms with Crippen molar-refractivity contribution in [3.8, 4) is 0 Å². The molecule has 1 N–H and O–H groups in total. The number of hydrogen-bond acceptors (Lipinski definition) is 7. The summed E-state index contributed by atoms with van der Waals surface area (Å²) < 4.78 is 16.3. The van der Waals surface area contributed by atoms with Crippen molar-refractivity contribution in [1.29, 1.82) is 0 Å². The fourth-order valence-corrected chi connectivity index (χ4v) is 2.64. The van der Waals surface area contributed by atoms with Crippen LogP contribution < -0.4 is 0 Å². The Morgan fingerprint density at radius 3 is 2.87 bits per heavy atom. The minimum absolute atomic E-state index is 0.295. The van der Waals surface area contributed by atoms with E-state index in [1.165, 1.54) is 28.6 Å². The molecule has 118 valence electrons. The molecule has 2 heterocycles. The molecule has 0 atom stereocenters.